The zero-order valence-electron chi connectivity index (χ0n) is 15.3. The van der Waals surface area contributed by atoms with Gasteiger partial charge in [0.05, 0.1) is 5.25 Å². The van der Waals surface area contributed by atoms with Crippen LogP contribution in [0, 0.1) is 5.82 Å². The molecule has 2 aromatic carbocycles. The lowest BCUT2D eigenvalue weighted by atomic mass is 10.0. The first kappa shape index (κ1) is 18.9. The number of carbonyl (C=O) groups is 1. The lowest BCUT2D eigenvalue weighted by molar-refractivity contribution is -0.117. The van der Waals surface area contributed by atoms with Crippen molar-refractivity contribution in [1.82, 2.24) is 10.2 Å². The Balaban J connectivity index is 1.42. The molecule has 4 rings (SSSR count). The third-order valence-corrected chi connectivity index (χ3v) is 6.49. The first-order chi connectivity index (χ1) is 13.6. The number of aromatic nitrogens is 2. The molecule has 144 valence electrons. The van der Waals surface area contributed by atoms with Gasteiger partial charge in [0.25, 0.3) is 0 Å². The molecule has 28 heavy (non-hydrogen) atoms. The van der Waals surface area contributed by atoms with E-state index < -0.39 is 0 Å². The molecule has 1 unspecified atom stereocenters. The van der Waals surface area contributed by atoms with Gasteiger partial charge in [0.2, 0.25) is 11.0 Å². The fourth-order valence-electron chi connectivity index (χ4n) is 3.18. The Hall–Kier alpha value is -2.45. The van der Waals surface area contributed by atoms with Crippen LogP contribution in [0.1, 0.15) is 18.9 Å². The van der Waals surface area contributed by atoms with Crippen LogP contribution in [0.3, 0.4) is 0 Å². The van der Waals surface area contributed by atoms with Gasteiger partial charge >= 0.3 is 0 Å². The van der Waals surface area contributed by atoms with Gasteiger partial charge in [-0.15, -0.1) is 10.2 Å². The lowest BCUT2D eigenvalue weighted by Crippen LogP contribution is -2.40. The van der Waals surface area contributed by atoms with Crippen molar-refractivity contribution < 1.29 is 9.18 Å². The van der Waals surface area contributed by atoms with E-state index in [9.17, 15) is 9.18 Å². The summed E-state index contributed by atoms with van der Waals surface area (Å²) < 4.78 is 14.0. The Labute approximate surface area is 171 Å². The van der Waals surface area contributed by atoms with Crippen LogP contribution in [0.4, 0.5) is 20.9 Å². The maximum atomic E-state index is 13.3. The highest BCUT2D eigenvalue weighted by Crippen LogP contribution is 2.33. The van der Waals surface area contributed by atoms with Gasteiger partial charge in [-0.25, -0.2) is 4.39 Å². The van der Waals surface area contributed by atoms with Crippen molar-refractivity contribution >= 4 is 45.5 Å². The van der Waals surface area contributed by atoms with E-state index in [0.717, 1.165) is 25.1 Å². The van der Waals surface area contributed by atoms with E-state index in [1.807, 2.05) is 30.0 Å². The van der Waals surface area contributed by atoms with Crippen LogP contribution in [0.5, 0.6) is 0 Å². The van der Waals surface area contributed by atoms with E-state index in [0.29, 0.717) is 15.2 Å². The summed E-state index contributed by atoms with van der Waals surface area (Å²) in [5.41, 5.74) is 2.84. The number of amides is 1. The summed E-state index contributed by atoms with van der Waals surface area (Å²) >= 11 is 2.74. The van der Waals surface area contributed by atoms with Crippen molar-refractivity contribution in [2.45, 2.75) is 29.4 Å². The summed E-state index contributed by atoms with van der Waals surface area (Å²) in [5, 5.41) is 11.6. The molecule has 5 nitrogen and oxygen atoms in total. The van der Waals surface area contributed by atoms with Crippen LogP contribution in [0.15, 0.2) is 52.9 Å². The summed E-state index contributed by atoms with van der Waals surface area (Å²) in [6, 6.07) is 14.3. The van der Waals surface area contributed by atoms with Gasteiger partial charge in [-0.3, -0.25) is 4.79 Å². The number of aryl methyl sites for hydroxylation is 1. The van der Waals surface area contributed by atoms with Gasteiger partial charge in [-0.2, -0.15) is 0 Å². The minimum absolute atomic E-state index is 0.0759. The van der Waals surface area contributed by atoms with E-state index in [1.165, 1.54) is 40.8 Å². The van der Waals surface area contributed by atoms with Crippen molar-refractivity contribution in [2.75, 3.05) is 16.8 Å². The number of hydrogen-bond acceptors (Lipinski definition) is 6. The first-order valence-corrected chi connectivity index (χ1v) is 10.7. The third-order valence-electron chi connectivity index (χ3n) is 4.48. The third kappa shape index (κ3) is 4.18. The van der Waals surface area contributed by atoms with Crippen molar-refractivity contribution in [3.63, 3.8) is 0 Å². The molecule has 8 heteroatoms. The predicted molar refractivity (Wildman–Crippen MR) is 112 cm³/mol. The molecule has 0 aliphatic carbocycles. The van der Waals surface area contributed by atoms with E-state index in [2.05, 4.69) is 21.6 Å². The number of rotatable bonds is 5. The van der Waals surface area contributed by atoms with Gasteiger partial charge in [-0.05, 0) is 49.6 Å². The SMILES string of the molecule is CC(Sc1nnc(Nc2cccc(F)c2)s1)C(=O)N1CCCc2ccccc21. The Morgan fingerprint density at radius 2 is 2.11 bits per heavy atom. The van der Waals surface area contributed by atoms with Crippen LogP contribution < -0.4 is 10.2 Å². The molecule has 0 saturated carbocycles. The van der Waals surface area contributed by atoms with E-state index >= 15 is 0 Å². The van der Waals surface area contributed by atoms with E-state index in [-0.39, 0.29) is 17.0 Å². The topological polar surface area (TPSA) is 58.1 Å². The molecule has 1 N–H and O–H groups in total. The minimum Gasteiger partial charge on any atom is -0.330 e. The minimum atomic E-state index is -0.315. The lowest BCUT2D eigenvalue weighted by Gasteiger charge is -2.31. The molecule has 1 aliphatic rings. The van der Waals surface area contributed by atoms with Gasteiger partial charge < -0.3 is 10.2 Å². The summed E-state index contributed by atoms with van der Waals surface area (Å²) in [7, 11) is 0. The number of fused-ring (bicyclic) bond motifs is 1. The zero-order valence-corrected chi connectivity index (χ0v) is 16.9. The molecular formula is C20H19FN4OS2. The number of hydrogen-bond donors (Lipinski definition) is 1. The number of anilines is 3. The molecule has 1 aromatic heterocycles. The first-order valence-electron chi connectivity index (χ1n) is 9.02. The second-order valence-electron chi connectivity index (χ2n) is 6.49. The highest BCUT2D eigenvalue weighted by atomic mass is 32.2. The molecular weight excluding hydrogens is 395 g/mol. The molecule has 1 aliphatic heterocycles. The average molecular weight is 415 g/mol. The van der Waals surface area contributed by atoms with Crippen molar-refractivity contribution in [3.05, 3.63) is 59.9 Å². The monoisotopic (exact) mass is 414 g/mol. The maximum Gasteiger partial charge on any atom is 0.240 e. The Kier molecular flexibility index (Phi) is 5.59. The van der Waals surface area contributed by atoms with Crippen LogP contribution in [0.2, 0.25) is 0 Å². The molecule has 3 aromatic rings. The maximum absolute atomic E-state index is 13.3. The summed E-state index contributed by atoms with van der Waals surface area (Å²) in [4.78, 5) is 14.9. The van der Waals surface area contributed by atoms with Crippen molar-refractivity contribution in [3.8, 4) is 0 Å². The summed E-state index contributed by atoms with van der Waals surface area (Å²) in [6.07, 6.45) is 1.98. The highest BCUT2D eigenvalue weighted by molar-refractivity contribution is 8.02. The highest BCUT2D eigenvalue weighted by Gasteiger charge is 2.27. The zero-order chi connectivity index (χ0) is 19.5. The molecule has 1 atom stereocenters. The summed E-state index contributed by atoms with van der Waals surface area (Å²) in [5.74, 6) is -0.239. The fraction of sp³-hybridized carbons (Fsp3) is 0.250. The Bertz CT molecular complexity index is 994. The second kappa shape index (κ2) is 8.28. The number of benzene rings is 2. The summed E-state index contributed by atoms with van der Waals surface area (Å²) in [6.45, 7) is 2.63. The smallest absolute Gasteiger partial charge is 0.240 e. The normalized spacial score (nSPS) is 14.4. The van der Waals surface area contributed by atoms with Gasteiger partial charge in [0.15, 0.2) is 4.34 Å². The molecule has 0 fully saturated rings. The molecule has 0 saturated heterocycles. The van der Waals surface area contributed by atoms with Crippen molar-refractivity contribution in [2.24, 2.45) is 0 Å². The van der Waals surface area contributed by atoms with E-state index in [4.69, 9.17) is 0 Å². The van der Waals surface area contributed by atoms with E-state index in [1.54, 1.807) is 12.1 Å². The molecule has 1 amide bonds. The predicted octanol–water partition coefficient (Wildman–Crippen LogP) is 4.88. The number of thioether (sulfide) groups is 1. The molecule has 0 bridgehead atoms. The van der Waals surface area contributed by atoms with Gasteiger partial charge in [0, 0.05) is 17.9 Å². The number of nitrogens with zero attached hydrogens (tertiary/aromatic N) is 3. The van der Waals surface area contributed by atoms with Crippen LogP contribution >= 0.6 is 23.1 Å². The van der Waals surface area contributed by atoms with Crippen LogP contribution in [0.25, 0.3) is 0 Å². The van der Waals surface area contributed by atoms with Gasteiger partial charge in [-0.1, -0.05) is 47.4 Å². The van der Waals surface area contributed by atoms with Crippen LogP contribution in [-0.4, -0.2) is 27.9 Å². The number of nitrogens with one attached hydrogen (secondary N) is 1. The Morgan fingerprint density at radius 1 is 1.25 bits per heavy atom. The molecule has 0 radical (unpaired) electrons. The molecule has 0 spiro atoms. The van der Waals surface area contributed by atoms with Crippen LogP contribution in [-0.2, 0) is 11.2 Å². The standard InChI is InChI=1S/C20H19FN4OS2/c1-13(18(26)25-11-5-7-14-6-2-3-10-17(14)25)27-20-24-23-19(28-20)22-16-9-4-8-15(21)12-16/h2-4,6,8-10,12-13H,5,7,11H2,1H3,(H,22,23). The number of carbonyl (C=O) groups excluding carboxylic acids is 1. The number of para-hydroxylation sites is 1. The number of halogens is 1. The Morgan fingerprint density at radius 3 is 2.96 bits per heavy atom. The molecule has 2 heterocycles. The average Bonchev–Trinajstić information content (AvgIpc) is 3.13. The largest absolute Gasteiger partial charge is 0.330 e. The second-order valence-corrected chi connectivity index (χ2v) is 9.06. The quantitative estimate of drug-likeness (QED) is 0.603. The van der Waals surface area contributed by atoms with Gasteiger partial charge in [0.1, 0.15) is 5.82 Å². The van der Waals surface area contributed by atoms with Crippen molar-refractivity contribution in [1.29, 1.82) is 0 Å². The fourth-order valence-corrected chi connectivity index (χ4v) is 5.16.